The van der Waals surface area contributed by atoms with Gasteiger partial charge in [-0.3, -0.25) is 0 Å². The van der Waals surface area contributed by atoms with Crippen LogP contribution in [0.15, 0.2) is 36.7 Å². The molecule has 2 nitrogen and oxygen atoms in total. The maximum absolute atomic E-state index is 4.26. The molecule has 2 aromatic rings. The van der Waals surface area contributed by atoms with Crippen LogP contribution in [0.2, 0.25) is 0 Å². The quantitative estimate of drug-likeness (QED) is 0.681. The average molecular weight is 184 g/mol. The number of hydrogen-bond acceptors (Lipinski definition) is 2. The molecule has 2 heteroatoms. The van der Waals surface area contributed by atoms with Crippen molar-refractivity contribution >= 4 is 0 Å². The first kappa shape index (κ1) is 8.88. The molecule has 2 rings (SSSR count). The molecule has 0 N–H and O–H groups in total. The average Bonchev–Trinajstić information content (AvgIpc) is 2.18. The Morgan fingerprint density at radius 3 is 2.50 bits per heavy atom. The van der Waals surface area contributed by atoms with Gasteiger partial charge in [-0.05, 0) is 25.5 Å². The summed E-state index contributed by atoms with van der Waals surface area (Å²) in [6.07, 6.45) is 1.61. The van der Waals surface area contributed by atoms with Gasteiger partial charge in [0.05, 0.1) is 5.69 Å². The third kappa shape index (κ3) is 1.64. The SMILES string of the molecule is Cc1cc(-c2ccccc2C)ncn1. The molecule has 0 saturated carbocycles. The first-order valence-corrected chi connectivity index (χ1v) is 4.62. The Kier molecular flexibility index (Phi) is 2.27. The molecule has 0 saturated heterocycles. The summed E-state index contributed by atoms with van der Waals surface area (Å²) in [4.78, 5) is 8.34. The Balaban J connectivity index is 2.55. The summed E-state index contributed by atoms with van der Waals surface area (Å²) in [5, 5.41) is 0. The van der Waals surface area contributed by atoms with E-state index < -0.39 is 0 Å². The van der Waals surface area contributed by atoms with E-state index in [2.05, 4.69) is 29.0 Å². The highest BCUT2D eigenvalue weighted by atomic mass is 14.8. The fourth-order valence-corrected chi connectivity index (χ4v) is 1.46. The molecular weight excluding hydrogens is 172 g/mol. The third-order valence-corrected chi connectivity index (χ3v) is 2.22. The summed E-state index contributed by atoms with van der Waals surface area (Å²) < 4.78 is 0. The first-order valence-electron chi connectivity index (χ1n) is 4.62. The molecule has 0 atom stereocenters. The van der Waals surface area contributed by atoms with E-state index in [0.717, 1.165) is 11.4 Å². The van der Waals surface area contributed by atoms with Gasteiger partial charge in [-0.2, -0.15) is 0 Å². The van der Waals surface area contributed by atoms with Crippen molar-refractivity contribution in [3.8, 4) is 11.3 Å². The zero-order chi connectivity index (χ0) is 9.97. The van der Waals surface area contributed by atoms with Crippen LogP contribution < -0.4 is 0 Å². The lowest BCUT2D eigenvalue weighted by molar-refractivity contribution is 1.10. The number of aromatic nitrogens is 2. The van der Waals surface area contributed by atoms with Crippen molar-refractivity contribution in [1.29, 1.82) is 0 Å². The van der Waals surface area contributed by atoms with Gasteiger partial charge in [-0.1, -0.05) is 24.3 Å². The van der Waals surface area contributed by atoms with E-state index in [9.17, 15) is 0 Å². The van der Waals surface area contributed by atoms with Gasteiger partial charge in [0.25, 0.3) is 0 Å². The number of benzene rings is 1. The summed E-state index contributed by atoms with van der Waals surface area (Å²) in [5.74, 6) is 0. The van der Waals surface area contributed by atoms with Crippen LogP contribution in [0.5, 0.6) is 0 Å². The highest BCUT2D eigenvalue weighted by Crippen LogP contribution is 2.20. The van der Waals surface area contributed by atoms with E-state index in [1.807, 2.05) is 25.1 Å². The van der Waals surface area contributed by atoms with Crippen LogP contribution in [-0.2, 0) is 0 Å². The largest absolute Gasteiger partial charge is 0.242 e. The highest BCUT2D eigenvalue weighted by molar-refractivity contribution is 5.63. The second-order valence-corrected chi connectivity index (χ2v) is 3.36. The predicted octanol–water partition coefficient (Wildman–Crippen LogP) is 2.76. The van der Waals surface area contributed by atoms with Crippen LogP contribution in [0.25, 0.3) is 11.3 Å². The Bertz CT molecular complexity index is 450. The summed E-state index contributed by atoms with van der Waals surface area (Å²) in [5.41, 5.74) is 4.41. The van der Waals surface area contributed by atoms with Crippen LogP contribution in [-0.4, -0.2) is 9.97 Å². The second kappa shape index (κ2) is 3.58. The van der Waals surface area contributed by atoms with E-state index in [4.69, 9.17) is 0 Å². The van der Waals surface area contributed by atoms with E-state index in [-0.39, 0.29) is 0 Å². The second-order valence-electron chi connectivity index (χ2n) is 3.36. The van der Waals surface area contributed by atoms with Crippen molar-refractivity contribution in [1.82, 2.24) is 9.97 Å². The van der Waals surface area contributed by atoms with Crippen molar-refractivity contribution in [3.63, 3.8) is 0 Å². The van der Waals surface area contributed by atoms with E-state index >= 15 is 0 Å². The monoisotopic (exact) mass is 184 g/mol. The first-order chi connectivity index (χ1) is 6.77. The molecule has 1 aromatic heterocycles. The normalized spacial score (nSPS) is 10.1. The Morgan fingerprint density at radius 1 is 1.00 bits per heavy atom. The van der Waals surface area contributed by atoms with Gasteiger partial charge in [-0.25, -0.2) is 9.97 Å². The highest BCUT2D eigenvalue weighted by Gasteiger charge is 2.01. The fraction of sp³-hybridized carbons (Fsp3) is 0.167. The number of rotatable bonds is 1. The Labute approximate surface area is 83.7 Å². The van der Waals surface area contributed by atoms with Gasteiger partial charge in [0.2, 0.25) is 0 Å². The predicted molar refractivity (Wildman–Crippen MR) is 56.9 cm³/mol. The Hall–Kier alpha value is -1.70. The summed E-state index contributed by atoms with van der Waals surface area (Å²) in [6.45, 7) is 4.07. The van der Waals surface area contributed by atoms with Gasteiger partial charge in [0, 0.05) is 11.3 Å². The minimum Gasteiger partial charge on any atom is -0.242 e. The van der Waals surface area contributed by atoms with Gasteiger partial charge in [0.15, 0.2) is 0 Å². The van der Waals surface area contributed by atoms with Crippen LogP contribution >= 0.6 is 0 Å². The smallest absolute Gasteiger partial charge is 0.116 e. The lowest BCUT2D eigenvalue weighted by Crippen LogP contribution is -1.89. The minimum absolute atomic E-state index is 0.996. The van der Waals surface area contributed by atoms with Crippen molar-refractivity contribution in [2.45, 2.75) is 13.8 Å². The number of aryl methyl sites for hydroxylation is 2. The van der Waals surface area contributed by atoms with Crippen molar-refractivity contribution in [2.75, 3.05) is 0 Å². The number of nitrogens with zero attached hydrogens (tertiary/aromatic N) is 2. The van der Waals surface area contributed by atoms with E-state index in [1.165, 1.54) is 11.1 Å². The zero-order valence-electron chi connectivity index (χ0n) is 8.36. The van der Waals surface area contributed by atoms with Crippen LogP contribution in [0.1, 0.15) is 11.3 Å². The molecule has 0 amide bonds. The summed E-state index contributed by atoms with van der Waals surface area (Å²) >= 11 is 0. The fourth-order valence-electron chi connectivity index (χ4n) is 1.46. The molecule has 0 fully saturated rings. The molecule has 1 aromatic carbocycles. The molecule has 0 bridgehead atoms. The molecule has 0 aliphatic carbocycles. The lowest BCUT2D eigenvalue weighted by atomic mass is 10.1. The molecule has 0 radical (unpaired) electrons. The molecule has 0 unspecified atom stereocenters. The van der Waals surface area contributed by atoms with Crippen molar-refractivity contribution < 1.29 is 0 Å². The topological polar surface area (TPSA) is 25.8 Å². The molecule has 14 heavy (non-hydrogen) atoms. The van der Waals surface area contributed by atoms with Crippen molar-refractivity contribution in [3.05, 3.63) is 47.9 Å². The summed E-state index contributed by atoms with van der Waals surface area (Å²) in [7, 11) is 0. The number of hydrogen-bond donors (Lipinski definition) is 0. The van der Waals surface area contributed by atoms with Crippen LogP contribution in [0, 0.1) is 13.8 Å². The molecule has 70 valence electrons. The minimum atomic E-state index is 0.996. The van der Waals surface area contributed by atoms with Gasteiger partial charge >= 0.3 is 0 Å². The van der Waals surface area contributed by atoms with Gasteiger partial charge in [0.1, 0.15) is 6.33 Å². The molecule has 0 spiro atoms. The van der Waals surface area contributed by atoms with Gasteiger partial charge < -0.3 is 0 Å². The van der Waals surface area contributed by atoms with Crippen LogP contribution in [0.4, 0.5) is 0 Å². The zero-order valence-corrected chi connectivity index (χ0v) is 8.36. The molecular formula is C12H12N2. The molecule has 0 aliphatic heterocycles. The van der Waals surface area contributed by atoms with Crippen LogP contribution in [0.3, 0.4) is 0 Å². The maximum atomic E-state index is 4.26. The maximum Gasteiger partial charge on any atom is 0.116 e. The Morgan fingerprint density at radius 2 is 1.79 bits per heavy atom. The molecule has 0 aliphatic rings. The van der Waals surface area contributed by atoms with Crippen molar-refractivity contribution in [2.24, 2.45) is 0 Å². The van der Waals surface area contributed by atoms with E-state index in [0.29, 0.717) is 0 Å². The van der Waals surface area contributed by atoms with Gasteiger partial charge in [-0.15, -0.1) is 0 Å². The summed E-state index contributed by atoms with van der Waals surface area (Å²) in [6, 6.07) is 10.2. The lowest BCUT2D eigenvalue weighted by Gasteiger charge is -2.04. The molecule has 1 heterocycles. The van der Waals surface area contributed by atoms with E-state index in [1.54, 1.807) is 6.33 Å². The third-order valence-electron chi connectivity index (χ3n) is 2.22. The standard InChI is InChI=1S/C12H12N2/c1-9-5-3-4-6-11(9)12-7-10(2)13-8-14-12/h3-8H,1-2H3.